The number of para-hydroxylation sites is 1. The van der Waals surface area contributed by atoms with Gasteiger partial charge in [-0.3, -0.25) is 0 Å². The number of aromatic nitrogens is 3. The van der Waals surface area contributed by atoms with Gasteiger partial charge in [0.1, 0.15) is 22.3 Å². The van der Waals surface area contributed by atoms with E-state index in [-0.39, 0.29) is 0 Å². The van der Waals surface area contributed by atoms with Crippen molar-refractivity contribution in [3.05, 3.63) is 152 Å². The first kappa shape index (κ1) is 26.6. The summed E-state index contributed by atoms with van der Waals surface area (Å²) in [6, 6.07) is 51.6. The number of nitrogens with zero attached hydrogens (tertiary/aromatic N) is 3. The van der Waals surface area contributed by atoms with Crippen molar-refractivity contribution in [2.45, 2.75) is 0 Å². The van der Waals surface area contributed by atoms with Crippen LogP contribution in [0.3, 0.4) is 0 Å². The van der Waals surface area contributed by atoms with Crippen LogP contribution in [0.25, 0.3) is 99.9 Å². The lowest BCUT2D eigenvalue weighted by Crippen LogP contribution is -2.00. The summed E-state index contributed by atoms with van der Waals surface area (Å²) in [6.07, 6.45) is 0. The molecule has 0 saturated carbocycles. The van der Waals surface area contributed by atoms with Crippen LogP contribution < -0.4 is 0 Å². The first-order chi connectivity index (χ1) is 23.8. The van der Waals surface area contributed by atoms with Crippen molar-refractivity contribution in [2.75, 3.05) is 0 Å². The monoisotopic (exact) mass is 615 g/mol. The Balaban J connectivity index is 1.27. The summed E-state index contributed by atoms with van der Waals surface area (Å²) in [5.41, 5.74) is 8.36. The zero-order valence-corrected chi connectivity index (χ0v) is 25.6. The van der Waals surface area contributed by atoms with E-state index in [1.807, 2.05) is 78.9 Å². The normalized spacial score (nSPS) is 11.8. The number of hydrogen-bond donors (Lipinski definition) is 0. The largest absolute Gasteiger partial charge is 0.456 e. The molecule has 0 amide bonds. The van der Waals surface area contributed by atoms with E-state index >= 15 is 0 Å². The van der Waals surface area contributed by atoms with Crippen LogP contribution in [0.4, 0.5) is 0 Å². The molecule has 224 valence electrons. The van der Waals surface area contributed by atoms with E-state index in [4.69, 9.17) is 23.8 Å². The highest BCUT2D eigenvalue weighted by atomic mass is 16.3. The van der Waals surface area contributed by atoms with Gasteiger partial charge in [-0.25, -0.2) is 15.0 Å². The van der Waals surface area contributed by atoms with Gasteiger partial charge in [0.15, 0.2) is 17.5 Å². The predicted octanol–water partition coefficient (Wildman–Crippen LogP) is 11.5. The molecule has 0 radical (unpaired) electrons. The molecule has 5 heteroatoms. The van der Waals surface area contributed by atoms with Gasteiger partial charge in [-0.05, 0) is 52.9 Å². The zero-order chi connectivity index (χ0) is 31.6. The third kappa shape index (κ3) is 4.15. The molecule has 0 aliphatic rings. The van der Waals surface area contributed by atoms with E-state index in [0.717, 1.165) is 82.5 Å². The summed E-state index contributed by atoms with van der Waals surface area (Å²) in [7, 11) is 0. The Bertz CT molecular complexity index is 2840. The van der Waals surface area contributed by atoms with E-state index in [2.05, 4.69) is 72.8 Å². The summed E-state index contributed by atoms with van der Waals surface area (Å²) in [6.45, 7) is 0. The molecule has 10 rings (SSSR count). The summed E-state index contributed by atoms with van der Waals surface area (Å²) >= 11 is 0. The molecule has 5 nitrogen and oxygen atoms in total. The standard InChI is InChI=1S/C43H25N3O2/c1-3-12-26(13-4-1)29-19-11-21-38-39(29)35-25-34(30-16-7-8-18-32(30)40(35)48-38)43-45-41(27-14-5-2-6-15-27)44-42(46-43)28-22-23-37-33(24-28)31-17-9-10-20-36(31)47-37/h1-25H. The number of rotatable bonds is 4. The quantitative estimate of drug-likeness (QED) is 0.197. The highest BCUT2D eigenvalue weighted by molar-refractivity contribution is 6.22. The van der Waals surface area contributed by atoms with Crippen LogP contribution in [0.1, 0.15) is 0 Å². The zero-order valence-electron chi connectivity index (χ0n) is 25.6. The number of furan rings is 2. The van der Waals surface area contributed by atoms with Crippen LogP contribution in [-0.2, 0) is 0 Å². The molecule has 0 saturated heterocycles. The lowest BCUT2D eigenvalue weighted by molar-refractivity contribution is 0.669. The molecule has 0 aliphatic heterocycles. The van der Waals surface area contributed by atoms with Crippen molar-refractivity contribution in [3.63, 3.8) is 0 Å². The molecular formula is C43H25N3O2. The van der Waals surface area contributed by atoms with Gasteiger partial charge in [-0.1, -0.05) is 115 Å². The minimum absolute atomic E-state index is 0.595. The van der Waals surface area contributed by atoms with Crippen LogP contribution in [0.5, 0.6) is 0 Å². The second-order valence-corrected chi connectivity index (χ2v) is 12.0. The highest BCUT2D eigenvalue weighted by Crippen LogP contribution is 2.43. The summed E-state index contributed by atoms with van der Waals surface area (Å²) in [4.78, 5) is 15.4. The second-order valence-electron chi connectivity index (χ2n) is 12.0. The van der Waals surface area contributed by atoms with Gasteiger partial charge in [0.05, 0.1) is 0 Å². The average molecular weight is 616 g/mol. The Hall–Kier alpha value is -6.59. The van der Waals surface area contributed by atoms with E-state index in [1.54, 1.807) is 0 Å². The lowest BCUT2D eigenvalue weighted by Gasteiger charge is -2.11. The lowest BCUT2D eigenvalue weighted by atomic mass is 9.96. The molecule has 7 aromatic carbocycles. The number of hydrogen-bond acceptors (Lipinski definition) is 5. The predicted molar refractivity (Wildman–Crippen MR) is 194 cm³/mol. The van der Waals surface area contributed by atoms with E-state index < -0.39 is 0 Å². The maximum absolute atomic E-state index is 6.61. The molecule has 0 N–H and O–H groups in total. The minimum atomic E-state index is 0.595. The van der Waals surface area contributed by atoms with Crippen LogP contribution >= 0.6 is 0 Å². The fourth-order valence-electron chi connectivity index (χ4n) is 6.90. The molecule has 0 aliphatic carbocycles. The molecular weight excluding hydrogens is 590 g/mol. The summed E-state index contributed by atoms with van der Waals surface area (Å²) < 4.78 is 12.7. The molecule has 0 spiro atoms. The molecule has 0 fully saturated rings. The van der Waals surface area contributed by atoms with Crippen molar-refractivity contribution in [3.8, 4) is 45.3 Å². The molecule has 0 unspecified atom stereocenters. The summed E-state index contributed by atoms with van der Waals surface area (Å²) in [5, 5.41) is 6.20. The van der Waals surface area contributed by atoms with Crippen molar-refractivity contribution in [1.29, 1.82) is 0 Å². The smallest absolute Gasteiger partial charge is 0.164 e. The van der Waals surface area contributed by atoms with Crippen molar-refractivity contribution in [1.82, 2.24) is 15.0 Å². The van der Waals surface area contributed by atoms with Gasteiger partial charge in [-0.15, -0.1) is 0 Å². The van der Waals surface area contributed by atoms with E-state index in [1.165, 1.54) is 0 Å². The third-order valence-electron chi connectivity index (χ3n) is 9.13. The first-order valence-corrected chi connectivity index (χ1v) is 15.9. The Morgan fingerprint density at radius 3 is 1.77 bits per heavy atom. The topological polar surface area (TPSA) is 65.0 Å². The van der Waals surface area contributed by atoms with Crippen molar-refractivity contribution < 1.29 is 8.83 Å². The van der Waals surface area contributed by atoms with Gasteiger partial charge >= 0.3 is 0 Å². The Morgan fingerprint density at radius 1 is 0.333 bits per heavy atom. The molecule has 3 heterocycles. The van der Waals surface area contributed by atoms with Gasteiger partial charge in [-0.2, -0.15) is 0 Å². The maximum Gasteiger partial charge on any atom is 0.164 e. The highest BCUT2D eigenvalue weighted by Gasteiger charge is 2.21. The molecule has 0 atom stereocenters. The second kappa shape index (κ2) is 10.5. The molecule has 48 heavy (non-hydrogen) atoms. The first-order valence-electron chi connectivity index (χ1n) is 15.9. The van der Waals surface area contributed by atoms with Crippen LogP contribution in [0.2, 0.25) is 0 Å². The van der Waals surface area contributed by atoms with E-state index in [0.29, 0.717) is 17.5 Å². The van der Waals surface area contributed by atoms with Crippen LogP contribution in [0.15, 0.2) is 160 Å². The third-order valence-corrected chi connectivity index (χ3v) is 9.13. The van der Waals surface area contributed by atoms with Gasteiger partial charge < -0.3 is 8.83 Å². The van der Waals surface area contributed by atoms with Crippen LogP contribution in [-0.4, -0.2) is 15.0 Å². The van der Waals surface area contributed by atoms with Gasteiger partial charge in [0.25, 0.3) is 0 Å². The fraction of sp³-hybridized carbons (Fsp3) is 0. The maximum atomic E-state index is 6.61. The molecule has 0 bridgehead atoms. The van der Waals surface area contributed by atoms with Crippen molar-refractivity contribution >= 4 is 54.6 Å². The SMILES string of the molecule is c1ccc(-c2nc(-c3ccc4oc5ccccc5c4c3)nc(-c3cc4c(oc5cccc(-c6ccccc6)c54)c4ccccc34)n2)cc1. The number of fused-ring (bicyclic) bond motifs is 8. The fourth-order valence-corrected chi connectivity index (χ4v) is 6.90. The Kier molecular flexibility index (Phi) is 5.81. The van der Waals surface area contributed by atoms with Gasteiger partial charge in [0.2, 0.25) is 0 Å². The molecule has 10 aromatic rings. The molecule has 3 aromatic heterocycles. The summed E-state index contributed by atoms with van der Waals surface area (Å²) in [5.74, 6) is 1.80. The van der Waals surface area contributed by atoms with Crippen molar-refractivity contribution in [2.24, 2.45) is 0 Å². The van der Waals surface area contributed by atoms with E-state index in [9.17, 15) is 0 Å². The number of benzene rings is 7. The average Bonchev–Trinajstić information content (AvgIpc) is 3.73. The Morgan fingerprint density at radius 2 is 0.958 bits per heavy atom. The Labute approximate surface area is 274 Å². The van der Waals surface area contributed by atoms with Gasteiger partial charge in [0, 0.05) is 43.6 Å². The minimum Gasteiger partial charge on any atom is -0.456 e. The van der Waals surface area contributed by atoms with Crippen LogP contribution in [0, 0.1) is 0 Å².